The third kappa shape index (κ3) is 6.32. The molecule has 2 aromatic rings. The van der Waals surface area contributed by atoms with Crippen LogP contribution < -0.4 is 0 Å². The Kier molecular flexibility index (Phi) is 10.5. The zero-order chi connectivity index (χ0) is 23.5. The second-order valence-corrected chi connectivity index (χ2v) is 10.6. The minimum atomic E-state index is 0.233. The molecule has 33 heavy (non-hydrogen) atoms. The van der Waals surface area contributed by atoms with Crippen LogP contribution in [0.3, 0.4) is 0 Å². The molecule has 1 aliphatic rings. The lowest BCUT2D eigenvalue weighted by Crippen LogP contribution is -2.26. The average molecular weight is 447 g/mol. The van der Waals surface area contributed by atoms with Gasteiger partial charge in [-0.2, -0.15) is 0 Å². The molecule has 1 aliphatic carbocycles. The van der Waals surface area contributed by atoms with Crippen LogP contribution in [0.15, 0.2) is 36.4 Å². The number of fused-ring (bicyclic) bond motifs is 3. The van der Waals surface area contributed by atoms with Crippen LogP contribution in [0.2, 0.25) is 0 Å². The Balaban J connectivity index is 1.91. The molecule has 0 radical (unpaired) electrons. The molecule has 0 heteroatoms. The zero-order valence-corrected chi connectivity index (χ0v) is 22.3. The Hall–Kier alpha value is -1.56. The van der Waals surface area contributed by atoms with Crippen molar-refractivity contribution in [3.8, 4) is 11.1 Å². The Morgan fingerprint density at radius 2 is 0.879 bits per heavy atom. The van der Waals surface area contributed by atoms with Gasteiger partial charge in [-0.3, -0.25) is 0 Å². The van der Waals surface area contributed by atoms with Crippen molar-refractivity contribution in [2.45, 2.75) is 136 Å². The molecule has 0 nitrogen and oxygen atoms in total. The molecule has 0 amide bonds. The van der Waals surface area contributed by atoms with E-state index in [9.17, 15) is 0 Å². The van der Waals surface area contributed by atoms with Crippen molar-refractivity contribution in [1.82, 2.24) is 0 Å². The summed E-state index contributed by atoms with van der Waals surface area (Å²) in [6.07, 6.45) is 21.5. The second kappa shape index (κ2) is 13.4. The van der Waals surface area contributed by atoms with Gasteiger partial charge in [-0.05, 0) is 59.1 Å². The average Bonchev–Trinajstić information content (AvgIpc) is 3.12. The van der Waals surface area contributed by atoms with E-state index in [-0.39, 0.29) is 5.41 Å². The number of unbranched alkanes of at least 4 members (excludes halogenated alkanes) is 10. The maximum Gasteiger partial charge on any atom is 0.0215 e. The fourth-order valence-electron chi connectivity index (χ4n) is 6.11. The van der Waals surface area contributed by atoms with Gasteiger partial charge in [0.2, 0.25) is 0 Å². The van der Waals surface area contributed by atoms with Crippen LogP contribution in [0.1, 0.15) is 140 Å². The van der Waals surface area contributed by atoms with Gasteiger partial charge >= 0.3 is 0 Å². The first-order chi connectivity index (χ1) is 16.2. The van der Waals surface area contributed by atoms with E-state index in [2.05, 4.69) is 64.1 Å². The highest BCUT2D eigenvalue weighted by Gasteiger charge is 2.42. The standard InChI is InChI=1S/C33H50/c1-5-9-11-13-15-17-23-33(24-18-16-14-12-10-6-2)31-25-27(7-3)19-21-29(31)30-22-20-28(8-4)26-32(30)33/h19-22,25-26H,5-18,23-24H2,1-4H3. The quantitative estimate of drug-likeness (QED) is 0.225. The van der Waals surface area contributed by atoms with Gasteiger partial charge in [0.15, 0.2) is 0 Å². The van der Waals surface area contributed by atoms with Gasteiger partial charge in [0.25, 0.3) is 0 Å². The summed E-state index contributed by atoms with van der Waals surface area (Å²) in [7, 11) is 0. The monoisotopic (exact) mass is 446 g/mol. The molecule has 0 aliphatic heterocycles. The van der Waals surface area contributed by atoms with E-state index in [1.807, 2.05) is 0 Å². The summed E-state index contributed by atoms with van der Waals surface area (Å²) in [5.41, 5.74) is 9.62. The first kappa shape index (κ1) is 26.1. The molecule has 2 aromatic carbocycles. The Labute approximate surface area is 205 Å². The van der Waals surface area contributed by atoms with E-state index in [0.717, 1.165) is 12.8 Å². The molecule has 0 saturated carbocycles. The Morgan fingerprint density at radius 1 is 0.485 bits per heavy atom. The molecule has 0 saturated heterocycles. The normalized spacial score (nSPS) is 13.8. The van der Waals surface area contributed by atoms with Gasteiger partial charge in [0.1, 0.15) is 0 Å². The van der Waals surface area contributed by atoms with Crippen molar-refractivity contribution in [1.29, 1.82) is 0 Å². The van der Waals surface area contributed by atoms with E-state index in [1.54, 1.807) is 11.1 Å². The van der Waals surface area contributed by atoms with E-state index in [0.29, 0.717) is 0 Å². The summed E-state index contributed by atoms with van der Waals surface area (Å²) >= 11 is 0. The van der Waals surface area contributed by atoms with Crippen LogP contribution >= 0.6 is 0 Å². The predicted molar refractivity (Wildman–Crippen MR) is 147 cm³/mol. The lowest BCUT2D eigenvalue weighted by atomic mass is 9.70. The van der Waals surface area contributed by atoms with Gasteiger partial charge in [-0.25, -0.2) is 0 Å². The molecular formula is C33H50. The van der Waals surface area contributed by atoms with Crippen molar-refractivity contribution in [2.24, 2.45) is 0 Å². The fraction of sp³-hybridized carbons (Fsp3) is 0.636. The summed E-state index contributed by atoms with van der Waals surface area (Å²) in [4.78, 5) is 0. The van der Waals surface area contributed by atoms with Crippen LogP contribution in [0.25, 0.3) is 11.1 Å². The van der Waals surface area contributed by atoms with Crippen molar-refractivity contribution in [3.63, 3.8) is 0 Å². The molecule has 0 spiro atoms. The number of rotatable bonds is 16. The zero-order valence-electron chi connectivity index (χ0n) is 22.3. The summed E-state index contributed by atoms with van der Waals surface area (Å²) < 4.78 is 0. The third-order valence-electron chi connectivity index (χ3n) is 8.22. The van der Waals surface area contributed by atoms with E-state index in [1.165, 1.54) is 112 Å². The topological polar surface area (TPSA) is 0 Å². The first-order valence-electron chi connectivity index (χ1n) is 14.5. The molecular weight excluding hydrogens is 396 g/mol. The van der Waals surface area contributed by atoms with Gasteiger partial charge in [0.05, 0.1) is 0 Å². The van der Waals surface area contributed by atoms with Crippen molar-refractivity contribution >= 4 is 0 Å². The summed E-state index contributed by atoms with van der Waals surface area (Å²) in [5, 5.41) is 0. The summed E-state index contributed by atoms with van der Waals surface area (Å²) in [5.74, 6) is 0. The number of hydrogen-bond acceptors (Lipinski definition) is 0. The predicted octanol–water partition coefficient (Wildman–Crippen LogP) is 10.6. The highest BCUT2D eigenvalue weighted by molar-refractivity contribution is 5.81. The molecule has 0 fully saturated rings. The molecule has 0 heterocycles. The van der Waals surface area contributed by atoms with E-state index >= 15 is 0 Å². The number of benzene rings is 2. The molecule has 3 rings (SSSR count). The molecule has 0 atom stereocenters. The SMILES string of the molecule is CCCCCCCCC1(CCCCCCCC)c2cc(CC)ccc2-c2ccc(CC)cc21. The van der Waals surface area contributed by atoms with Gasteiger partial charge in [0, 0.05) is 5.41 Å². The van der Waals surface area contributed by atoms with Crippen molar-refractivity contribution in [3.05, 3.63) is 58.7 Å². The van der Waals surface area contributed by atoms with Crippen LogP contribution in [0.5, 0.6) is 0 Å². The van der Waals surface area contributed by atoms with Crippen molar-refractivity contribution < 1.29 is 0 Å². The molecule has 0 unspecified atom stereocenters. The lowest BCUT2D eigenvalue weighted by Gasteiger charge is -2.33. The summed E-state index contributed by atoms with van der Waals surface area (Å²) in [6, 6.07) is 14.8. The Morgan fingerprint density at radius 3 is 1.27 bits per heavy atom. The second-order valence-electron chi connectivity index (χ2n) is 10.6. The molecule has 0 N–H and O–H groups in total. The van der Waals surface area contributed by atoms with Crippen LogP contribution in [-0.2, 0) is 18.3 Å². The number of hydrogen-bond donors (Lipinski definition) is 0. The van der Waals surface area contributed by atoms with E-state index < -0.39 is 0 Å². The molecule has 0 aromatic heterocycles. The summed E-state index contributed by atoms with van der Waals surface area (Å²) in [6.45, 7) is 9.25. The first-order valence-corrected chi connectivity index (χ1v) is 14.5. The Bertz CT molecular complexity index is 772. The van der Waals surface area contributed by atoms with Crippen LogP contribution in [0, 0.1) is 0 Å². The van der Waals surface area contributed by atoms with Gasteiger partial charge in [-0.15, -0.1) is 0 Å². The largest absolute Gasteiger partial charge is 0.0654 e. The van der Waals surface area contributed by atoms with E-state index in [4.69, 9.17) is 0 Å². The van der Waals surface area contributed by atoms with Gasteiger partial charge in [-0.1, -0.05) is 141 Å². The van der Waals surface area contributed by atoms with Crippen molar-refractivity contribution in [2.75, 3.05) is 0 Å². The molecule has 0 bridgehead atoms. The minimum absolute atomic E-state index is 0.233. The maximum atomic E-state index is 2.59. The smallest absolute Gasteiger partial charge is 0.0215 e. The lowest BCUT2D eigenvalue weighted by molar-refractivity contribution is 0.397. The minimum Gasteiger partial charge on any atom is -0.0654 e. The third-order valence-corrected chi connectivity index (χ3v) is 8.22. The van der Waals surface area contributed by atoms with Crippen LogP contribution in [0.4, 0.5) is 0 Å². The highest BCUT2D eigenvalue weighted by Crippen LogP contribution is 2.54. The number of aryl methyl sites for hydroxylation is 2. The van der Waals surface area contributed by atoms with Gasteiger partial charge < -0.3 is 0 Å². The highest BCUT2D eigenvalue weighted by atomic mass is 14.4. The fourth-order valence-corrected chi connectivity index (χ4v) is 6.11. The maximum absolute atomic E-state index is 2.59. The van der Waals surface area contributed by atoms with Crippen LogP contribution in [-0.4, -0.2) is 0 Å². The molecule has 182 valence electrons.